The summed E-state index contributed by atoms with van der Waals surface area (Å²) in [5, 5.41) is 0. The predicted molar refractivity (Wildman–Crippen MR) is 265 cm³/mol. The van der Waals surface area contributed by atoms with Crippen molar-refractivity contribution < 1.29 is 0 Å². The second-order valence-corrected chi connectivity index (χ2v) is 18.4. The highest BCUT2D eigenvalue weighted by atomic mass is 15.2. The van der Waals surface area contributed by atoms with Crippen LogP contribution in [0.3, 0.4) is 0 Å². The molecule has 64 heavy (non-hydrogen) atoms. The van der Waals surface area contributed by atoms with Crippen LogP contribution in [0.25, 0.3) is 22.3 Å². The molecule has 13 rings (SSSR count). The predicted octanol–water partition coefficient (Wildman–Crippen LogP) is 16.1. The standard InChI is InChI=1S/C62H48N2/c1-4-17-47(18-5-1)63(48-19-6-2-7-20-48)50-37-33-44(34-38-50)61(42-43-31-32-46(61)41-43)45-35-39-51(40-36-45)64(49-21-8-3-9-22-49)59-30-16-26-55-54-25-12-15-29-58(54)62(60(55)59)56-27-13-10-23-52(56)53-24-11-14-28-57(53)62/h1-30,33-40,43,46H,31-32,41-42H2. The van der Waals surface area contributed by atoms with Crippen molar-refractivity contribution in [2.24, 2.45) is 11.8 Å². The lowest BCUT2D eigenvalue weighted by Crippen LogP contribution is -2.34. The number of para-hydroxylation sites is 3. The SMILES string of the molecule is c1ccc(N(c2ccccc2)c2ccc(C3(c4ccc(N(c5ccccc5)c5cccc6c5C5(c7ccccc7-c7ccccc75)c5ccccc5-6)cc4)CC4CCC3C4)cc2)cc1. The van der Waals surface area contributed by atoms with Crippen LogP contribution >= 0.6 is 0 Å². The summed E-state index contributed by atoms with van der Waals surface area (Å²) in [6, 6.07) is 86.3. The van der Waals surface area contributed by atoms with Crippen molar-refractivity contribution in [3.05, 3.63) is 264 Å². The van der Waals surface area contributed by atoms with Gasteiger partial charge in [0.2, 0.25) is 0 Å². The van der Waals surface area contributed by atoms with Crippen molar-refractivity contribution in [2.45, 2.75) is 36.5 Å². The van der Waals surface area contributed by atoms with Crippen molar-refractivity contribution in [1.82, 2.24) is 0 Å². The van der Waals surface area contributed by atoms with E-state index in [-0.39, 0.29) is 5.41 Å². The number of hydrogen-bond acceptors (Lipinski definition) is 2. The molecule has 0 aliphatic heterocycles. The van der Waals surface area contributed by atoms with E-state index in [2.05, 4.69) is 240 Å². The molecule has 306 valence electrons. The Morgan fingerprint density at radius 2 is 0.750 bits per heavy atom. The molecule has 0 N–H and O–H groups in total. The molecular weight excluding hydrogens is 773 g/mol. The van der Waals surface area contributed by atoms with Gasteiger partial charge in [0, 0.05) is 39.4 Å². The first-order valence-corrected chi connectivity index (χ1v) is 23.1. The van der Waals surface area contributed by atoms with Gasteiger partial charge in [0.1, 0.15) is 0 Å². The third-order valence-corrected chi connectivity index (χ3v) is 15.4. The number of anilines is 6. The third kappa shape index (κ3) is 5.32. The van der Waals surface area contributed by atoms with Crippen LogP contribution < -0.4 is 9.80 Å². The van der Waals surface area contributed by atoms with Gasteiger partial charge in [-0.3, -0.25) is 0 Å². The fraction of sp³-hybridized carbons (Fsp3) is 0.129. The average molecular weight is 821 g/mol. The molecule has 2 heteroatoms. The number of hydrogen-bond donors (Lipinski definition) is 0. The Kier molecular flexibility index (Phi) is 8.46. The monoisotopic (exact) mass is 820 g/mol. The summed E-state index contributed by atoms with van der Waals surface area (Å²) in [7, 11) is 0. The lowest BCUT2D eigenvalue weighted by molar-refractivity contribution is 0.320. The van der Waals surface area contributed by atoms with Crippen LogP contribution in [0.5, 0.6) is 0 Å². The Bertz CT molecular complexity index is 3070. The van der Waals surface area contributed by atoms with Crippen LogP contribution in [0.15, 0.2) is 231 Å². The molecule has 0 aromatic heterocycles. The molecule has 2 fully saturated rings. The van der Waals surface area contributed by atoms with Gasteiger partial charge in [0.05, 0.1) is 11.1 Å². The molecule has 3 unspecified atom stereocenters. The quantitative estimate of drug-likeness (QED) is 0.151. The van der Waals surface area contributed by atoms with E-state index in [9.17, 15) is 0 Å². The molecule has 0 radical (unpaired) electrons. The second kappa shape index (κ2) is 14.6. The molecule has 0 saturated heterocycles. The van der Waals surface area contributed by atoms with E-state index in [1.807, 2.05) is 0 Å². The van der Waals surface area contributed by atoms with Gasteiger partial charge in [-0.25, -0.2) is 0 Å². The van der Waals surface area contributed by atoms with E-state index >= 15 is 0 Å². The Balaban J connectivity index is 0.955. The summed E-state index contributed by atoms with van der Waals surface area (Å²) in [4.78, 5) is 4.90. The Hall–Kier alpha value is -7.42. The first kappa shape index (κ1) is 37.2. The van der Waals surface area contributed by atoms with E-state index in [1.54, 1.807) is 0 Å². The summed E-state index contributed by atoms with van der Waals surface area (Å²) in [6.45, 7) is 0. The lowest BCUT2D eigenvalue weighted by atomic mass is 9.64. The Morgan fingerprint density at radius 3 is 1.22 bits per heavy atom. The summed E-state index contributed by atoms with van der Waals surface area (Å²) in [6.07, 6.45) is 5.13. The number of benzene rings is 9. The minimum atomic E-state index is -0.460. The third-order valence-electron chi connectivity index (χ3n) is 15.4. The Morgan fingerprint density at radius 1 is 0.344 bits per heavy atom. The van der Waals surface area contributed by atoms with Crippen LogP contribution in [0.4, 0.5) is 34.1 Å². The van der Waals surface area contributed by atoms with Gasteiger partial charge in [-0.1, -0.05) is 170 Å². The van der Waals surface area contributed by atoms with Crippen LogP contribution in [0, 0.1) is 11.8 Å². The van der Waals surface area contributed by atoms with Gasteiger partial charge in [-0.15, -0.1) is 0 Å². The fourth-order valence-corrected chi connectivity index (χ4v) is 12.9. The summed E-state index contributed by atoms with van der Waals surface area (Å²) in [5.41, 5.74) is 20.1. The van der Waals surface area contributed by atoms with E-state index < -0.39 is 5.41 Å². The maximum atomic E-state index is 2.53. The topological polar surface area (TPSA) is 6.48 Å². The molecule has 4 aliphatic carbocycles. The van der Waals surface area contributed by atoms with Crippen LogP contribution in [0.1, 0.15) is 59.1 Å². The first-order valence-electron chi connectivity index (χ1n) is 23.1. The van der Waals surface area contributed by atoms with Crippen LogP contribution in [-0.2, 0) is 10.8 Å². The van der Waals surface area contributed by atoms with E-state index in [4.69, 9.17) is 0 Å². The fourth-order valence-electron chi connectivity index (χ4n) is 12.9. The molecule has 4 aliphatic rings. The molecule has 9 aromatic rings. The zero-order chi connectivity index (χ0) is 42.2. The van der Waals surface area contributed by atoms with Crippen molar-refractivity contribution >= 4 is 34.1 Å². The highest BCUT2D eigenvalue weighted by Gasteiger charge is 2.54. The minimum Gasteiger partial charge on any atom is -0.311 e. The summed E-state index contributed by atoms with van der Waals surface area (Å²) in [5.74, 6) is 1.38. The van der Waals surface area contributed by atoms with E-state index in [0.717, 1.165) is 23.0 Å². The molecule has 2 saturated carbocycles. The smallest absolute Gasteiger partial charge is 0.0746 e. The largest absolute Gasteiger partial charge is 0.311 e. The minimum absolute atomic E-state index is 0.0289. The Labute approximate surface area is 376 Å². The van der Waals surface area contributed by atoms with Gasteiger partial charge in [-0.05, 0) is 148 Å². The van der Waals surface area contributed by atoms with Crippen molar-refractivity contribution in [2.75, 3.05) is 9.80 Å². The van der Waals surface area contributed by atoms with Gasteiger partial charge >= 0.3 is 0 Å². The highest BCUT2D eigenvalue weighted by molar-refractivity contribution is 5.99. The molecule has 0 amide bonds. The molecule has 9 aromatic carbocycles. The van der Waals surface area contributed by atoms with Crippen LogP contribution in [-0.4, -0.2) is 0 Å². The summed E-state index contributed by atoms with van der Waals surface area (Å²) >= 11 is 0. The molecule has 1 spiro atoms. The lowest BCUT2D eigenvalue weighted by Gasteiger charge is -2.40. The molecule has 2 nitrogen and oxygen atoms in total. The van der Waals surface area contributed by atoms with Gasteiger partial charge < -0.3 is 9.80 Å². The van der Waals surface area contributed by atoms with Crippen LogP contribution in [0.2, 0.25) is 0 Å². The molecule has 0 heterocycles. The number of fused-ring (bicyclic) bond motifs is 12. The molecule has 2 bridgehead atoms. The number of nitrogens with zero attached hydrogens (tertiary/aromatic N) is 2. The van der Waals surface area contributed by atoms with Gasteiger partial charge in [-0.2, -0.15) is 0 Å². The highest BCUT2D eigenvalue weighted by Crippen LogP contribution is 2.66. The van der Waals surface area contributed by atoms with E-state index in [0.29, 0.717) is 5.92 Å². The molecular formula is C62H48N2. The maximum Gasteiger partial charge on any atom is 0.0746 e. The number of rotatable bonds is 8. The van der Waals surface area contributed by atoms with Crippen molar-refractivity contribution in [3.8, 4) is 22.3 Å². The van der Waals surface area contributed by atoms with Crippen molar-refractivity contribution in [1.29, 1.82) is 0 Å². The zero-order valence-corrected chi connectivity index (χ0v) is 35.8. The second-order valence-electron chi connectivity index (χ2n) is 18.4. The zero-order valence-electron chi connectivity index (χ0n) is 35.8. The van der Waals surface area contributed by atoms with Gasteiger partial charge in [0.25, 0.3) is 0 Å². The van der Waals surface area contributed by atoms with Gasteiger partial charge in [0.15, 0.2) is 0 Å². The first-order chi connectivity index (χ1) is 31.7. The average Bonchev–Trinajstić information content (AvgIpc) is 4.14. The normalized spacial score (nSPS) is 19.2. The maximum absolute atomic E-state index is 2.53. The van der Waals surface area contributed by atoms with E-state index in [1.165, 1.54) is 98.4 Å². The molecule has 3 atom stereocenters. The summed E-state index contributed by atoms with van der Waals surface area (Å²) < 4.78 is 0. The van der Waals surface area contributed by atoms with Crippen molar-refractivity contribution in [3.63, 3.8) is 0 Å².